The zero-order chi connectivity index (χ0) is 4.28. The molecule has 0 aliphatic carbocycles. The van der Waals surface area contributed by atoms with Crippen molar-refractivity contribution in [2.24, 2.45) is 4.99 Å². The molecule has 0 atom stereocenters. The molecule has 32 valence electrons. The summed E-state index contributed by atoms with van der Waals surface area (Å²) in [6, 6.07) is 0. The van der Waals surface area contributed by atoms with Crippen LogP contribution in [0.1, 0.15) is 6.92 Å². The van der Waals surface area contributed by atoms with E-state index in [4.69, 9.17) is 6.58 Å². The third kappa shape index (κ3) is 8.94. The Kier molecular flexibility index (Phi) is 8.02. The summed E-state index contributed by atoms with van der Waals surface area (Å²) in [5.41, 5.74) is 0.407. The smallest absolute Gasteiger partial charge is 0.598 e. The molecule has 0 amide bonds. The van der Waals surface area contributed by atoms with Gasteiger partial charge in [-0.25, -0.2) is 0 Å². The second kappa shape index (κ2) is 5.10. The second-order valence-corrected chi connectivity index (χ2v) is 0.770. The monoisotopic (exact) mass is 251 g/mol. The van der Waals surface area contributed by atoms with Crippen molar-refractivity contribution in [2.75, 3.05) is 0 Å². The van der Waals surface area contributed by atoms with Gasteiger partial charge in [-0.2, -0.15) is 6.72 Å². The summed E-state index contributed by atoms with van der Waals surface area (Å²) in [4.78, 5) is 3.08. The minimum atomic E-state index is 0. The number of allylic oxidation sites excluding steroid dienone is 1. The fraction of sp³-hybridized carbons (Fsp3) is 0.250. The van der Waals surface area contributed by atoms with Crippen molar-refractivity contribution in [3.8, 4) is 0 Å². The van der Waals surface area contributed by atoms with E-state index in [1.54, 1.807) is 6.92 Å². The van der Waals surface area contributed by atoms with Crippen LogP contribution in [0, 0.1) is 6.58 Å². The molecule has 0 fully saturated rings. The molecule has 6 heavy (non-hydrogen) atoms. The summed E-state index contributed by atoms with van der Waals surface area (Å²) in [7, 11) is 0. The summed E-state index contributed by atoms with van der Waals surface area (Å²) in [6.07, 6.45) is 0. The topological polar surface area (TPSA) is 12.4 Å². The van der Waals surface area contributed by atoms with Gasteiger partial charge in [-0.15, -0.1) is 6.92 Å². The van der Waals surface area contributed by atoms with Crippen molar-refractivity contribution >= 4 is 6.72 Å². The van der Waals surface area contributed by atoms with E-state index in [2.05, 4.69) is 11.7 Å². The van der Waals surface area contributed by atoms with Gasteiger partial charge in [0.25, 0.3) is 0 Å². The van der Waals surface area contributed by atoms with Gasteiger partial charge in [-0.3, -0.25) is 0 Å². The van der Waals surface area contributed by atoms with Crippen molar-refractivity contribution in [3.63, 3.8) is 0 Å². The van der Waals surface area contributed by atoms with Crippen LogP contribution >= 0.6 is 0 Å². The van der Waals surface area contributed by atoms with Crippen LogP contribution in [0.2, 0.25) is 0 Å². The van der Waals surface area contributed by atoms with Gasteiger partial charge in [-0.05, 0) is 0 Å². The normalized spacial score (nSPS) is 5.50. The first kappa shape index (κ1) is 9.44. The van der Waals surface area contributed by atoms with Gasteiger partial charge >= 0.3 is 21.1 Å². The van der Waals surface area contributed by atoms with Crippen LogP contribution in [-0.2, 0) is 21.1 Å². The molecular formula is C4H5NW. The number of hydrogen-bond donors (Lipinski definition) is 0. The summed E-state index contributed by atoms with van der Waals surface area (Å²) >= 11 is 0. The van der Waals surface area contributed by atoms with Crippen molar-refractivity contribution in [3.05, 3.63) is 12.3 Å². The molecule has 0 aromatic heterocycles. The Morgan fingerprint density at radius 1 is 1.67 bits per heavy atom. The van der Waals surface area contributed by atoms with E-state index < -0.39 is 0 Å². The van der Waals surface area contributed by atoms with Crippen molar-refractivity contribution < 1.29 is 21.1 Å². The molecule has 0 N–H and O–H groups in total. The first-order chi connectivity index (χ1) is 2.27. The second-order valence-electron chi connectivity index (χ2n) is 0.770. The van der Waals surface area contributed by atoms with Gasteiger partial charge in [0, 0.05) is 0 Å². The largest absolute Gasteiger partial charge is 2.00 e. The Morgan fingerprint density at radius 3 is 1.83 bits per heavy atom. The Hall–Kier alpha value is 0.0983. The number of aliphatic imine (C=N–C) groups is 1. The summed E-state index contributed by atoms with van der Waals surface area (Å²) in [5, 5.41) is 0. The van der Waals surface area contributed by atoms with Crippen molar-refractivity contribution in [1.82, 2.24) is 0 Å². The molecule has 0 saturated carbocycles. The maximum absolute atomic E-state index is 4.92. The fourth-order valence-electron chi connectivity index (χ4n) is 0. The zero-order valence-corrected chi connectivity index (χ0v) is 6.44. The van der Waals surface area contributed by atoms with E-state index in [1.165, 1.54) is 0 Å². The van der Waals surface area contributed by atoms with Gasteiger partial charge in [0.1, 0.15) is 0 Å². The predicted molar refractivity (Wildman–Crippen MR) is 22.0 cm³/mol. The van der Waals surface area contributed by atoms with E-state index in [9.17, 15) is 0 Å². The SMILES string of the molecule is [CH-]=NC(=[CH-])C.[W+2]. The quantitative estimate of drug-likeness (QED) is 0.485. The molecule has 2 heteroatoms. The molecule has 0 saturated heterocycles. The number of hydrogen-bond acceptors (Lipinski definition) is 1. The molecule has 0 spiro atoms. The van der Waals surface area contributed by atoms with Crippen molar-refractivity contribution in [1.29, 1.82) is 0 Å². The standard InChI is InChI=1S/C4H5N.W/c1-4(2)5-3;/h1,3H,2H3;/q-2;+2. The van der Waals surface area contributed by atoms with Crippen LogP contribution < -0.4 is 0 Å². The number of rotatable bonds is 1. The van der Waals surface area contributed by atoms with Crippen LogP contribution in [0.25, 0.3) is 0 Å². The Bertz CT molecular complexity index is 58.6. The molecule has 0 rings (SSSR count). The Labute approximate surface area is 52.4 Å². The molecule has 0 aliphatic rings. The van der Waals surface area contributed by atoms with Gasteiger partial charge < -0.3 is 17.3 Å². The molecule has 0 bridgehead atoms. The van der Waals surface area contributed by atoms with Crippen molar-refractivity contribution in [2.45, 2.75) is 6.92 Å². The van der Waals surface area contributed by atoms with Crippen LogP contribution in [0.5, 0.6) is 0 Å². The van der Waals surface area contributed by atoms with Gasteiger partial charge in [0.05, 0.1) is 0 Å². The number of nitrogens with zero attached hydrogens (tertiary/aromatic N) is 1. The predicted octanol–water partition coefficient (Wildman–Crippen LogP) is 0.898. The van der Waals surface area contributed by atoms with Crippen LogP contribution in [0.15, 0.2) is 10.7 Å². The van der Waals surface area contributed by atoms with E-state index in [1.807, 2.05) is 0 Å². The maximum atomic E-state index is 4.92. The summed E-state index contributed by atoms with van der Waals surface area (Å²) in [6.45, 7) is 11.2. The fourth-order valence-corrected chi connectivity index (χ4v) is 0. The third-order valence-corrected chi connectivity index (χ3v) is 0.204. The van der Waals surface area contributed by atoms with Gasteiger partial charge in [0.15, 0.2) is 0 Å². The average molecular weight is 251 g/mol. The molecule has 1 nitrogen and oxygen atoms in total. The van der Waals surface area contributed by atoms with Crippen LogP contribution in [-0.4, -0.2) is 6.72 Å². The first-order valence-corrected chi connectivity index (χ1v) is 1.27. The minimum Gasteiger partial charge on any atom is -0.598 e. The Balaban J connectivity index is 0. The molecule has 0 aromatic carbocycles. The van der Waals surface area contributed by atoms with Crippen LogP contribution in [0.4, 0.5) is 0 Å². The Morgan fingerprint density at radius 2 is 1.83 bits per heavy atom. The zero-order valence-electron chi connectivity index (χ0n) is 3.51. The molecule has 0 radical (unpaired) electrons. The molecule has 0 heterocycles. The summed E-state index contributed by atoms with van der Waals surface area (Å²) in [5.74, 6) is 0. The van der Waals surface area contributed by atoms with E-state index in [-0.39, 0.29) is 21.1 Å². The average Bonchev–Trinajstić information content (AvgIpc) is 1.38. The molecule has 0 aromatic rings. The van der Waals surface area contributed by atoms with E-state index in [0.717, 1.165) is 0 Å². The van der Waals surface area contributed by atoms with E-state index in [0.29, 0.717) is 5.70 Å². The molecule has 0 aliphatic heterocycles. The van der Waals surface area contributed by atoms with Gasteiger partial charge in [-0.1, -0.05) is 0 Å². The summed E-state index contributed by atoms with van der Waals surface area (Å²) < 4.78 is 0. The third-order valence-electron chi connectivity index (χ3n) is 0.204. The minimum absolute atomic E-state index is 0. The van der Waals surface area contributed by atoms with E-state index >= 15 is 0 Å². The maximum Gasteiger partial charge on any atom is 2.00 e. The molecular weight excluding hydrogens is 246 g/mol. The first-order valence-electron chi connectivity index (χ1n) is 1.27. The van der Waals surface area contributed by atoms with Crippen LogP contribution in [0.3, 0.4) is 0 Å². The van der Waals surface area contributed by atoms with Gasteiger partial charge in [0.2, 0.25) is 0 Å². The molecule has 0 unspecified atom stereocenters.